The number of rotatable bonds is 4. The second-order valence-corrected chi connectivity index (χ2v) is 14.8. The Morgan fingerprint density at radius 2 is 1.31 bits per heavy atom. The zero-order valence-electron chi connectivity index (χ0n) is 26.4. The number of para-hydroxylation sites is 1. The van der Waals surface area contributed by atoms with Gasteiger partial charge in [-0.15, -0.1) is 11.3 Å². The van der Waals surface area contributed by atoms with Crippen molar-refractivity contribution in [2.24, 2.45) is 0 Å². The van der Waals surface area contributed by atoms with Gasteiger partial charge >= 0.3 is 0 Å². The van der Waals surface area contributed by atoms with E-state index in [0.29, 0.717) is 5.95 Å². The van der Waals surface area contributed by atoms with Gasteiger partial charge in [0.15, 0.2) is 0 Å². The average Bonchev–Trinajstić information content (AvgIpc) is 3.70. The highest BCUT2D eigenvalue weighted by molar-refractivity contribution is 7.84. The summed E-state index contributed by atoms with van der Waals surface area (Å²) in [6.07, 6.45) is 1.75. The van der Waals surface area contributed by atoms with E-state index in [4.69, 9.17) is 9.97 Å². The number of nitrogens with zero attached hydrogens (tertiary/aromatic N) is 3. The quantitative estimate of drug-likeness (QED) is 0.188. The van der Waals surface area contributed by atoms with Crippen LogP contribution in [0.3, 0.4) is 0 Å². The number of aromatic nitrogens is 3. The van der Waals surface area contributed by atoms with Gasteiger partial charge in [-0.2, -0.15) is 0 Å². The Morgan fingerprint density at radius 3 is 2.18 bits per heavy atom. The second-order valence-electron chi connectivity index (χ2n) is 12.4. The number of benzene rings is 7. The molecule has 0 aliphatic rings. The van der Waals surface area contributed by atoms with Crippen LogP contribution in [0.25, 0.3) is 92.0 Å². The Kier molecular flexibility index (Phi) is 6.32. The molecule has 1 unspecified atom stereocenters. The van der Waals surface area contributed by atoms with E-state index in [9.17, 15) is 4.21 Å². The van der Waals surface area contributed by atoms with Crippen LogP contribution in [0, 0.1) is 0 Å². The van der Waals surface area contributed by atoms with Crippen LogP contribution < -0.4 is 0 Å². The fourth-order valence-electron chi connectivity index (χ4n) is 7.46. The predicted octanol–water partition coefficient (Wildman–Crippen LogP) is 11.3. The van der Waals surface area contributed by atoms with Gasteiger partial charge in [0.25, 0.3) is 0 Å². The lowest BCUT2D eigenvalue weighted by atomic mass is 9.97. The lowest BCUT2D eigenvalue weighted by Crippen LogP contribution is -2.03. The summed E-state index contributed by atoms with van der Waals surface area (Å²) in [7, 11) is -1.14. The first-order valence-electron chi connectivity index (χ1n) is 16.2. The molecule has 0 spiro atoms. The Balaban J connectivity index is 1.39. The molecule has 0 saturated carbocycles. The summed E-state index contributed by atoms with van der Waals surface area (Å²) in [5.74, 6) is 0.627. The van der Waals surface area contributed by atoms with Gasteiger partial charge in [-0.1, -0.05) is 103 Å². The van der Waals surface area contributed by atoms with Crippen LogP contribution >= 0.6 is 11.3 Å². The first-order valence-corrected chi connectivity index (χ1v) is 18.6. The molecule has 49 heavy (non-hydrogen) atoms. The maximum absolute atomic E-state index is 12.9. The maximum atomic E-state index is 12.9. The van der Waals surface area contributed by atoms with Gasteiger partial charge in [-0.05, 0) is 59.0 Å². The topological polar surface area (TPSA) is 47.8 Å². The van der Waals surface area contributed by atoms with Crippen LogP contribution in [0.2, 0.25) is 0 Å². The first-order chi connectivity index (χ1) is 24.1. The highest BCUT2D eigenvalue weighted by Crippen LogP contribution is 2.45. The minimum atomic E-state index is -1.14. The number of hydrogen-bond acceptors (Lipinski definition) is 4. The van der Waals surface area contributed by atoms with Crippen LogP contribution in [0.1, 0.15) is 0 Å². The fraction of sp³-hybridized carbons (Fsp3) is 0.0233. The molecule has 0 N–H and O–H groups in total. The van der Waals surface area contributed by atoms with Crippen molar-refractivity contribution in [2.75, 3.05) is 6.26 Å². The van der Waals surface area contributed by atoms with Crippen LogP contribution in [0.4, 0.5) is 0 Å². The number of hydrogen-bond donors (Lipinski definition) is 0. The highest BCUT2D eigenvalue weighted by atomic mass is 32.2. The van der Waals surface area contributed by atoms with Crippen LogP contribution in [0.15, 0.2) is 150 Å². The molecule has 7 aromatic carbocycles. The summed E-state index contributed by atoms with van der Waals surface area (Å²) in [5.41, 5.74) is 6.91. The molecule has 0 aliphatic heterocycles. The van der Waals surface area contributed by atoms with E-state index in [1.807, 2.05) is 47.7 Å². The van der Waals surface area contributed by atoms with Crippen LogP contribution in [-0.4, -0.2) is 25.0 Å². The molecule has 0 fully saturated rings. The van der Waals surface area contributed by atoms with E-state index < -0.39 is 10.8 Å². The SMILES string of the molecule is CS(=O)c1ccccc1-c1ccc2c(c1)c1c3c(ccc4sc5ccccc5c43)ccc1n2-c1nc(-c2ccccc2)c2ccccc2n1. The second kappa shape index (κ2) is 10.9. The Labute approximate surface area is 288 Å². The van der Waals surface area contributed by atoms with Crippen LogP contribution in [-0.2, 0) is 10.8 Å². The molecule has 3 aromatic heterocycles. The van der Waals surface area contributed by atoms with Gasteiger partial charge in [0.1, 0.15) is 0 Å². The summed E-state index contributed by atoms with van der Waals surface area (Å²) >= 11 is 1.83. The predicted molar refractivity (Wildman–Crippen MR) is 207 cm³/mol. The average molecular weight is 666 g/mol. The maximum Gasteiger partial charge on any atom is 0.235 e. The van der Waals surface area contributed by atoms with Crippen molar-refractivity contribution in [3.8, 4) is 28.3 Å². The number of fused-ring (bicyclic) bond motifs is 10. The summed E-state index contributed by atoms with van der Waals surface area (Å²) in [6.45, 7) is 0. The molecular formula is C43H27N3OS2. The van der Waals surface area contributed by atoms with Gasteiger partial charge in [-0.3, -0.25) is 8.78 Å². The van der Waals surface area contributed by atoms with Gasteiger partial charge in [0, 0.05) is 58.4 Å². The Morgan fingerprint density at radius 1 is 0.571 bits per heavy atom. The Hall–Kier alpha value is -5.69. The standard InChI is InChI=1S/C43H27N3OS2/c1-49(47)38-18-10-7-13-29(38)28-20-22-34-32(25-28)40-35(23-19-26-21-24-37-41(39(26)40)31-15-6-9-17-36(31)48-37)46(34)43-44-33-16-8-5-14-30(33)42(45-43)27-11-3-2-4-12-27/h2-25H,1H3. The smallest absolute Gasteiger partial charge is 0.235 e. The molecule has 6 heteroatoms. The minimum absolute atomic E-state index is 0.627. The van der Waals surface area contributed by atoms with E-state index in [1.165, 1.54) is 30.9 Å². The molecule has 10 rings (SSSR count). The molecule has 0 amide bonds. The zero-order valence-corrected chi connectivity index (χ0v) is 28.1. The molecule has 10 aromatic rings. The molecule has 232 valence electrons. The third-order valence-electron chi connectivity index (χ3n) is 9.60. The monoisotopic (exact) mass is 665 g/mol. The van der Waals surface area contributed by atoms with Crippen LogP contribution in [0.5, 0.6) is 0 Å². The summed E-state index contributed by atoms with van der Waals surface area (Å²) in [6, 6.07) is 50.8. The van der Waals surface area contributed by atoms with Crippen molar-refractivity contribution in [1.82, 2.24) is 14.5 Å². The third-order valence-corrected chi connectivity index (χ3v) is 11.7. The molecular weight excluding hydrogens is 639 g/mol. The lowest BCUT2D eigenvalue weighted by Gasteiger charge is -2.12. The Bertz CT molecular complexity index is 2980. The third kappa shape index (κ3) is 4.31. The van der Waals surface area contributed by atoms with Crippen molar-refractivity contribution in [1.29, 1.82) is 0 Å². The van der Waals surface area contributed by atoms with Crippen molar-refractivity contribution in [3.05, 3.63) is 146 Å². The minimum Gasteiger partial charge on any atom is -0.278 e. The van der Waals surface area contributed by atoms with E-state index in [1.54, 1.807) is 6.26 Å². The summed E-state index contributed by atoms with van der Waals surface area (Å²) < 4.78 is 17.6. The van der Waals surface area contributed by atoms with Crippen molar-refractivity contribution >= 4 is 85.8 Å². The molecule has 0 aliphatic carbocycles. The van der Waals surface area contributed by atoms with Crippen molar-refractivity contribution < 1.29 is 4.21 Å². The molecule has 0 saturated heterocycles. The largest absolute Gasteiger partial charge is 0.278 e. The normalized spacial score (nSPS) is 12.6. The summed E-state index contributed by atoms with van der Waals surface area (Å²) in [4.78, 5) is 11.4. The van der Waals surface area contributed by atoms with Gasteiger partial charge in [0.2, 0.25) is 5.95 Å². The fourth-order valence-corrected chi connectivity index (χ4v) is 9.34. The van der Waals surface area contributed by atoms with Gasteiger partial charge < -0.3 is 0 Å². The van der Waals surface area contributed by atoms with E-state index in [0.717, 1.165) is 60.0 Å². The molecule has 3 heterocycles. The van der Waals surface area contributed by atoms with Gasteiger partial charge in [0.05, 0.1) is 33.0 Å². The molecule has 0 radical (unpaired) electrons. The van der Waals surface area contributed by atoms with E-state index >= 15 is 0 Å². The summed E-state index contributed by atoms with van der Waals surface area (Å²) in [5, 5.41) is 8.23. The van der Waals surface area contributed by atoms with Crippen molar-refractivity contribution in [3.63, 3.8) is 0 Å². The zero-order chi connectivity index (χ0) is 32.6. The molecule has 0 bridgehead atoms. The van der Waals surface area contributed by atoms with Gasteiger partial charge in [-0.25, -0.2) is 9.97 Å². The van der Waals surface area contributed by atoms with Crippen molar-refractivity contribution in [2.45, 2.75) is 4.90 Å². The first kappa shape index (κ1) is 28.3. The molecule has 4 nitrogen and oxygen atoms in total. The molecule has 1 atom stereocenters. The highest BCUT2D eigenvalue weighted by Gasteiger charge is 2.22. The van der Waals surface area contributed by atoms with E-state index in [2.05, 4.69) is 114 Å². The van der Waals surface area contributed by atoms with E-state index in [-0.39, 0.29) is 0 Å². The number of thiophene rings is 1. The lowest BCUT2D eigenvalue weighted by molar-refractivity contribution is 0.687.